The summed E-state index contributed by atoms with van der Waals surface area (Å²) < 4.78 is 39.9. The Bertz CT molecular complexity index is 1330. The van der Waals surface area contributed by atoms with Gasteiger partial charge >= 0.3 is 13.3 Å². The van der Waals surface area contributed by atoms with Gasteiger partial charge in [0.25, 0.3) is 5.91 Å². The maximum Gasteiger partial charge on any atom is 0.399 e. The van der Waals surface area contributed by atoms with E-state index in [1.54, 1.807) is 0 Å². The molecular weight excluding hydrogens is 533 g/mol. The third kappa shape index (κ3) is 5.11. The monoisotopic (exact) mass is 558 g/mol. The number of carbonyl (C=O) groups is 4. The van der Waals surface area contributed by atoms with Crippen LogP contribution in [0.15, 0.2) is 24.3 Å². The van der Waals surface area contributed by atoms with Gasteiger partial charge in [0.1, 0.15) is 12.1 Å². The Kier molecular flexibility index (Phi) is 7.14. The maximum absolute atomic E-state index is 14.1. The van der Waals surface area contributed by atoms with Gasteiger partial charge in [-0.15, -0.1) is 11.3 Å². The van der Waals surface area contributed by atoms with E-state index in [0.29, 0.717) is 30.5 Å². The molecule has 3 heterocycles. The summed E-state index contributed by atoms with van der Waals surface area (Å²) in [6.45, 7) is 1.54. The van der Waals surface area contributed by atoms with Gasteiger partial charge in [-0.05, 0) is 42.8 Å². The lowest BCUT2D eigenvalue weighted by atomic mass is 10.1. The van der Waals surface area contributed by atoms with Crippen molar-refractivity contribution in [2.45, 2.75) is 50.0 Å². The van der Waals surface area contributed by atoms with Crippen LogP contribution >= 0.6 is 18.9 Å². The van der Waals surface area contributed by atoms with Crippen LogP contribution in [0.3, 0.4) is 0 Å². The van der Waals surface area contributed by atoms with Crippen LogP contribution in [-0.2, 0) is 24.6 Å². The minimum absolute atomic E-state index is 0.0558. The number of primary amides is 1. The summed E-state index contributed by atoms with van der Waals surface area (Å²) in [7, 11) is -5.77. The second-order valence-electron chi connectivity index (χ2n) is 9.12. The first kappa shape index (κ1) is 27.1. The van der Waals surface area contributed by atoms with Crippen LogP contribution in [0.1, 0.15) is 41.4 Å². The first-order valence-electron chi connectivity index (χ1n) is 11.4. The van der Waals surface area contributed by atoms with Crippen LogP contribution in [-0.4, -0.2) is 74.4 Å². The molecule has 11 nitrogen and oxygen atoms in total. The molecule has 4 rings (SSSR count). The molecule has 2 aliphatic rings. The van der Waals surface area contributed by atoms with E-state index in [9.17, 15) is 32.5 Å². The summed E-state index contributed by atoms with van der Waals surface area (Å²) in [5, 5.41) is 2.76. The van der Waals surface area contributed by atoms with Crippen molar-refractivity contribution in [3.8, 4) is 0 Å². The van der Waals surface area contributed by atoms with Crippen LogP contribution in [0.5, 0.6) is 0 Å². The number of thiophene rings is 1. The predicted octanol–water partition coefficient (Wildman–Crippen LogP) is 1.32. The van der Waals surface area contributed by atoms with Gasteiger partial charge in [-0.1, -0.05) is 6.07 Å². The molecule has 0 saturated carbocycles. The van der Waals surface area contributed by atoms with Crippen LogP contribution in [0.4, 0.5) is 8.78 Å². The molecule has 200 valence electrons. The van der Waals surface area contributed by atoms with Gasteiger partial charge in [-0.2, -0.15) is 8.78 Å². The van der Waals surface area contributed by atoms with Gasteiger partial charge in [-0.3, -0.25) is 23.7 Å². The fourth-order valence-corrected chi connectivity index (χ4v) is 6.21. The highest BCUT2D eigenvalue weighted by Gasteiger charge is 2.50. The first-order valence-corrected chi connectivity index (χ1v) is 13.8. The van der Waals surface area contributed by atoms with E-state index in [4.69, 9.17) is 15.5 Å². The molecule has 5 N–H and O–H groups in total. The molecule has 1 aromatic carbocycles. The molecule has 37 heavy (non-hydrogen) atoms. The molecule has 15 heteroatoms. The molecule has 1 unspecified atom stereocenters. The highest BCUT2D eigenvalue weighted by Crippen LogP contribution is 2.59. The molecule has 2 fully saturated rings. The molecule has 0 spiro atoms. The van der Waals surface area contributed by atoms with E-state index >= 15 is 0 Å². The lowest BCUT2D eigenvalue weighted by Gasteiger charge is -2.38. The Morgan fingerprint density at radius 3 is 2.51 bits per heavy atom. The predicted molar refractivity (Wildman–Crippen MR) is 129 cm³/mol. The van der Waals surface area contributed by atoms with Crippen molar-refractivity contribution in [1.29, 1.82) is 0 Å². The number of alkyl halides is 2. The zero-order valence-electron chi connectivity index (χ0n) is 19.6. The zero-order valence-corrected chi connectivity index (χ0v) is 21.3. The maximum atomic E-state index is 14.1. The van der Waals surface area contributed by atoms with Gasteiger partial charge in [0.2, 0.25) is 17.7 Å². The Morgan fingerprint density at radius 2 is 1.89 bits per heavy atom. The SMILES string of the molecule is CC(=O)N1CC[C@H]2CC[C@@H](C(N)=O)N2C(=O)C(NC(=O)c2cc3cc(C(F)(F)P(=O)(O)O)ccc3s2)C1. The Balaban J connectivity index is 1.62. The van der Waals surface area contributed by atoms with Crippen molar-refractivity contribution in [3.63, 3.8) is 0 Å². The molecular formula is C22H25F2N4O7PS. The quantitative estimate of drug-likeness (QED) is 0.401. The minimum Gasteiger partial charge on any atom is -0.368 e. The van der Waals surface area contributed by atoms with E-state index < -0.39 is 48.6 Å². The minimum atomic E-state index is -5.77. The smallest absolute Gasteiger partial charge is 0.368 e. The van der Waals surface area contributed by atoms with E-state index in [-0.39, 0.29) is 28.8 Å². The zero-order chi connectivity index (χ0) is 27.3. The molecule has 0 aliphatic carbocycles. The van der Waals surface area contributed by atoms with Crippen molar-refractivity contribution < 1.29 is 42.3 Å². The van der Waals surface area contributed by atoms with Crippen LogP contribution < -0.4 is 11.1 Å². The van der Waals surface area contributed by atoms with Crippen molar-refractivity contribution in [2.24, 2.45) is 5.73 Å². The second-order valence-corrected chi connectivity index (χ2v) is 11.9. The Morgan fingerprint density at radius 1 is 1.19 bits per heavy atom. The normalized spacial score (nSPS) is 22.9. The van der Waals surface area contributed by atoms with Gasteiger partial charge < -0.3 is 30.6 Å². The van der Waals surface area contributed by atoms with Gasteiger partial charge in [0, 0.05) is 36.3 Å². The number of rotatable bonds is 5. The summed E-state index contributed by atoms with van der Waals surface area (Å²) in [4.78, 5) is 71.6. The number of fused-ring (bicyclic) bond motifs is 2. The highest BCUT2D eigenvalue weighted by atomic mass is 32.1. The Labute approximate surface area is 213 Å². The molecule has 4 amide bonds. The third-order valence-electron chi connectivity index (χ3n) is 6.72. The molecule has 1 aromatic heterocycles. The number of hydrogen-bond donors (Lipinski definition) is 4. The van der Waals surface area contributed by atoms with Gasteiger partial charge in [-0.25, -0.2) is 0 Å². The standard InChI is InChI=1S/C22H25F2N4O7PS/c1-11(29)27-7-6-14-3-4-16(19(25)30)28(14)21(32)15(10-27)26-20(31)18-9-12-8-13(2-5-17(12)37-18)22(23,24)36(33,34)35/h2,5,8-9,14-16H,3-4,6-7,10H2,1H3,(H2,25,30)(H,26,31)(H2,33,34,35)/t14-,15?,16+/m1/s1. The third-order valence-corrected chi connectivity index (χ3v) is 8.83. The van der Waals surface area contributed by atoms with Crippen molar-refractivity contribution >= 4 is 52.6 Å². The molecule has 2 saturated heterocycles. The van der Waals surface area contributed by atoms with Crippen LogP contribution in [0, 0.1) is 0 Å². The lowest BCUT2D eigenvalue weighted by Crippen LogP contribution is -2.60. The second kappa shape index (κ2) is 9.75. The summed E-state index contributed by atoms with van der Waals surface area (Å²) in [6, 6.07) is 1.95. The van der Waals surface area contributed by atoms with Crippen molar-refractivity contribution in [3.05, 3.63) is 34.7 Å². The van der Waals surface area contributed by atoms with Crippen LogP contribution in [0.2, 0.25) is 0 Å². The van der Waals surface area contributed by atoms with E-state index in [1.807, 2.05) is 0 Å². The summed E-state index contributed by atoms with van der Waals surface area (Å²) >= 11 is 0.933. The molecule has 2 aromatic rings. The Hall–Kier alpha value is -2.93. The average molecular weight is 559 g/mol. The van der Waals surface area contributed by atoms with Crippen LogP contribution in [0.25, 0.3) is 10.1 Å². The average Bonchev–Trinajstić information content (AvgIpc) is 3.42. The summed E-state index contributed by atoms with van der Waals surface area (Å²) in [5.41, 5.74) is 0.191. The van der Waals surface area contributed by atoms with Crippen molar-refractivity contribution in [2.75, 3.05) is 13.1 Å². The molecule has 3 atom stereocenters. The van der Waals surface area contributed by atoms with Gasteiger partial charge in [0.05, 0.1) is 4.88 Å². The largest absolute Gasteiger partial charge is 0.399 e. The highest BCUT2D eigenvalue weighted by molar-refractivity contribution is 7.52. The number of carbonyl (C=O) groups excluding carboxylic acids is 4. The number of nitrogens with two attached hydrogens (primary N) is 1. The lowest BCUT2D eigenvalue weighted by molar-refractivity contribution is -0.144. The fourth-order valence-electron chi connectivity index (χ4n) is 4.79. The molecule has 0 radical (unpaired) electrons. The number of hydrogen-bond acceptors (Lipinski definition) is 6. The molecule has 2 aliphatic heterocycles. The topological polar surface area (TPSA) is 170 Å². The van der Waals surface area contributed by atoms with E-state index in [1.165, 1.54) is 28.9 Å². The summed E-state index contributed by atoms with van der Waals surface area (Å²) in [6.07, 6.45) is 1.38. The fraction of sp³-hybridized carbons (Fsp3) is 0.455. The van der Waals surface area contributed by atoms with E-state index in [2.05, 4.69) is 5.32 Å². The summed E-state index contributed by atoms with van der Waals surface area (Å²) in [5.74, 6) is -2.20. The number of halogens is 2. The first-order chi connectivity index (χ1) is 17.2. The molecule has 0 bridgehead atoms. The number of amides is 4. The van der Waals surface area contributed by atoms with E-state index in [0.717, 1.165) is 23.5 Å². The number of benzene rings is 1. The number of nitrogens with zero attached hydrogens (tertiary/aromatic N) is 2. The van der Waals surface area contributed by atoms with Crippen molar-refractivity contribution in [1.82, 2.24) is 15.1 Å². The van der Waals surface area contributed by atoms with Gasteiger partial charge in [0.15, 0.2) is 0 Å². The number of nitrogens with one attached hydrogen (secondary N) is 1.